The molecule has 0 aliphatic rings. The van der Waals surface area contributed by atoms with Crippen molar-refractivity contribution in [3.63, 3.8) is 0 Å². The molecule has 120 valence electrons. The summed E-state index contributed by atoms with van der Waals surface area (Å²) in [7, 11) is 0. The Balaban J connectivity index is -0.000000245. The van der Waals surface area contributed by atoms with Gasteiger partial charge in [0.25, 0.3) is 0 Å². The third kappa shape index (κ3) is 17.0. The molecule has 1 nitrogen and oxygen atoms in total. The van der Waals surface area contributed by atoms with Crippen LogP contribution in [0.3, 0.4) is 0 Å². The zero-order chi connectivity index (χ0) is 16.6. The lowest BCUT2D eigenvalue weighted by atomic mass is 10.1. The third-order valence-corrected chi connectivity index (χ3v) is 2.53. The molecular formula is C19H38O. The molecule has 1 aromatic carbocycles. The van der Waals surface area contributed by atoms with Gasteiger partial charge < -0.3 is 5.11 Å². The van der Waals surface area contributed by atoms with E-state index >= 15 is 0 Å². The van der Waals surface area contributed by atoms with Crippen molar-refractivity contribution in [1.82, 2.24) is 0 Å². The number of benzene rings is 1. The van der Waals surface area contributed by atoms with E-state index < -0.39 is 0 Å². The zero-order valence-corrected chi connectivity index (χ0v) is 15.4. The van der Waals surface area contributed by atoms with E-state index in [0.29, 0.717) is 5.75 Å². The van der Waals surface area contributed by atoms with E-state index in [4.69, 9.17) is 5.11 Å². The van der Waals surface area contributed by atoms with E-state index in [1.165, 1.54) is 24.0 Å². The summed E-state index contributed by atoms with van der Waals surface area (Å²) in [5.74, 6) is 1.25. The fraction of sp³-hybridized carbons (Fsp3) is 0.684. The molecule has 0 saturated heterocycles. The molecule has 0 aliphatic carbocycles. The Bertz CT molecular complexity index is 290. The number of aromatic hydroxyl groups is 1. The molecule has 0 radical (unpaired) electrons. The van der Waals surface area contributed by atoms with Gasteiger partial charge in [-0.2, -0.15) is 0 Å². The molecule has 1 aromatic rings. The number of phenols is 1. The van der Waals surface area contributed by atoms with Crippen molar-refractivity contribution in [2.75, 3.05) is 0 Å². The maximum atomic E-state index is 9.07. The molecule has 0 saturated carbocycles. The first-order chi connectivity index (χ1) is 9.42. The highest BCUT2D eigenvalue weighted by atomic mass is 16.3. The van der Waals surface area contributed by atoms with Crippen LogP contribution >= 0.6 is 0 Å². The molecule has 0 heterocycles. The second-order valence-electron chi connectivity index (χ2n) is 4.97. The highest BCUT2D eigenvalue weighted by Gasteiger charge is 1.95. The van der Waals surface area contributed by atoms with Gasteiger partial charge in [-0.25, -0.2) is 0 Å². The lowest BCUT2D eigenvalue weighted by Gasteiger charge is -2.01. The number of hydrogen-bond donors (Lipinski definition) is 1. The smallest absolute Gasteiger partial charge is 0.115 e. The van der Waals surface area contributed by atoms with Crippen LogP contribution in [0.5, 0.6) is 5.75 Å². The molecular weight excluding hydrogens is 244 g/mol. The summed E-state index contributed by atoms with van der Waals surface area (Å²) in [6.07, 6.45) is 3.54. The first-order valence-electron chi connectivity index (χ1n) is 8.21. The van der Waals surface area contributed by atoms with Gasteiger partial charge in [-0.1, -0.05) is 74.3 Å². The maximum Gasteiger partial charge on any atom is 0.115 e. The number of aryl methyl sites for hydroxylation is 2. The van der Waals surface area contributed by atoms with Gasteiger partial charge in [0.1, 0.15) is 5.75 Å². The highest BCUT2D eigenvalue weighted by Crippen LogP contribution is 2.15. The summed E-state index contributed by atoms with van der Waals surface area (Å²) in [4.78, 5) is 0. The van der Waals surface area contributed by atoms with E-state index in [-0.39, 0.29) is 0 Å². The molecule has 0 aliphatic heterocycles. The van der Waals surface area contributed by atoms with E-state index in [2.05, 4.69) is 48.5 Å². The van der Waals surface area contributed by atoms with Crippen LogP contribution in [0.2, 0.25) is 0 Å². The SMILES string of the molecule is CC.CCC.CCC(C)C.CCc1cc(O)ccc1C. The minimum Gasteiger partial charge on any atom is -0.508 e. The molecule has 20 heavy (non-hydrogen) atoms. The van der Waals surface area contributed by atoms with Gasteiger partial charge >= 0.3 is 0 Å². The second kappa shape index (κ2) is 18.0. The van der Waals surface area contributed by atoms with Crippen LogP contribution in [-0.4, -0.2) is 5.11 Å². The van der Waals surface area contributed by atoms with E-state index in [9.17, 15) is 0 Å². The van der Waals surface area contributed by atoms with Crippen LogP contribution in [0, 0.1) is 12.8 Å². The Morgan fingerprint density at radius 2 is 1.40 bits per heavy atom. The zero-order valence-electron chi connectivity index (χ0n) is 15.4. The second-order valence-corrected chi connectivity index (χ2v) is 4.97. The quantitative estimate of drug-likeness (QED) is 0.635. The molecule has 1 N–H and O–H groups in total. The van der Waals surface area contributed by atoms with Crippen molar-refractivity contribution in [3.8, 4) is 5.75 Å². The number of phenolic OH excluding ortho intramolecular Hbond substituents is 1. The summed E-state index contributed by atoms with van der Waals surface area (Å²) in [5, 5.41) is 9.07. The van der Waals surface area contributed by atoms with Gasteiger partial charge in [0.05, 0.1) is 0 Å². The van der Waals surface area contributed by atoms with Crippen molar-refractivity contribution in [3.05, 3.63) is 29.3 Å². The lowest BCUT2D eigenvalue weighted by molar-refractivity contribution is 0.474. The lowest BCUT2D eigenvalue weighted by Crippen LogP contribution is -1.83. The van der Waals surface area contributed by atoms with Crippen LogP contribution in [0.25, 0.3) is 0 Å². The molecule has 0 amide bonds. The highest BCUT2D eigenvalue weighted by molar-refractivity contribution is 5.33. The Morgan fingerprint density at radius 1 is 1.00 bits per heavy atom. The molecule has 0 aromatic heterocycles. The molecule has 1 heteroatoms. The minimum absolute atomic E-state index is 0.363. The van der Waals surface area contributed by atoms with Crippen LogP contribution in [0.4, 0.5) is 0 Å². The first-order valence-corrected chi connectivity index (χ1v) is 8.21. The Hall–Kier alpha value is -0.980. The average molecular weight is 283 g/mol. The van der Waals surface area contributed by atoms with Crippen LogP contribution < -0.4 is 0 Å². The molecule has 0 atom stereocenters. The first kappa shape index (κ1) is 24.1. The average Bonchev–Trinajstić information content (AvgIpc) is 2.45. The summed E-state index contributed by atoms with van der Waals surface area (Å²) >= 11 is 0. The fourth-order valence-electron chi connectivity index (χ4n) is 1.04. The Kier molecular flexibility index (Phi) is 21.7. The molecule has 0 unspecified atom stereocenters. The van der Waals surface area contributed by atoms with Gasteiger partial charge in [-0.05, 0) is 42.5 Å². The Labute approximate surface area is 128 Å². The van der Waals surface area contributed by atoms with Crippen LogP contribution in [0.1, 0.15) is 79.4 Å². The van der Waals surface area contributed by atoms with Gasteiger partial charge in [0.2, 0.25) is 0 Å². The summed E-state index contributed by atoms with van der Waals surface area (Å²) < 4.78 is 0. The van der Waals surface area contributed by atoms with Crippen LogP contribution in [0.15, 0.2) is 18.2 Å². The summed E-state index contributed by atoms with van der Waals surface area (Å²) in [6.45, 7) is 19.0. The van der Waals surface area contributed by atoms with Crippen molar-refractivity contribution >= 4 is 0 Å². The largest absolute Gasteiger partial charge is 0.508 e. The number of hydrogen-bond acceptors (Lipinski definition) is 1. The van der Waals surface area contributed by atoms with Crippen molar-refractivity contribution < 1.29 is 5.11 Å². The van der Waals surface area contributed by atoms with Gasteiger partial charge in [0.15, 0.2) is 0 Å². The molecule has 1 rings (SSSR count). The monoisotopic (exact) mass is 282 g/mol. The molecule has 0 spiro atoms. The standard InChI is InChI=1S/C9H12O.C5H12.C3H8.C2H6/c1-3-8-6-9(10)5-4-7(8)2;1-4-5(2)3;1-3-2;1-2/h4-6,10H,3H2,1-2H3;5H,4H2,1-3H3;3H2,1-2H3;1-2H3. The van der Waals surface area contributed by atoms with Crippen LogP contribution in [-0.2, 0) is 6.42 Å². The van der Waals surface area contributed by atoms with E-state index in [1.54, 1.807) is 6.07 Å². The predicted octanol–water partition coefficient (Wildman–Crippen LogP) is 6.76. The fourth-order valence-corrected chi connectivity index (χ4v) is 1.04. The van der Waals surface area contributed by atoms with Crippen molar-refractivity contribution in [1.29, 1.82) is 0 Å². The van der Waals surface area contributed by atoms with Gasteiger partial charge in [0, 0.05) is 0 Å². The predicted molar refractivity (Wildman–Crippen MR) is 94.7 cm³/mol. The van der Waals surface area contributed by atoms with Gasteiger partial charge in [-0.3, -0.25) is 0 Å². The Morgan fingerprint density at radius 3 is 1.65 bits per heavy atom. The van der Waals surface area contributed by atoms with E-state index in [0.717, 1.165) is 12.3 Å². The maximum absolute atomic E-state index is 9.07. The third-order valence-electron chi connectivity index (χ3n) is 2.53. The van der Waals surface area contributed by atoms with E-state index in [1.807, 2.05) is 26.0 Å². The van der Waals surface area contributed by atoms with Gasteiger partial charge in [-0.15, -0.1) is 0 Å². The number of rotatable bonds is 2. The summed E-state index contributed by atoms with van der Waals surface area (Å²) in [6, 6.07) is 5.47. The molecule has 0 fully saturated rings. The normalized spacial score (nSPS) is 8.50. The summed E-state index contributed by atoms with van der Waals surface area (Å²) in [5.41, 5.74) is 2.47. The topological polar surface area (TPSA) is 20.2 Å². The van der Waals surface area contributed by atoms with Crippen molar-refractivity contribution in [2.45, 2.75) is 81.6 Å². The molecule has 0 bridgehead atoms. The van der Waals surface area contributed by atoms with Crippen molar-refractivity contribution in [2.24, 2.45) is 5.92 Å². The minimum atomic E-state index is 0.363.